The minimum atomic E-state index is -0.475. The van der Waals surface area contributed by atoms with Gasteiger partial charge in [0.05, 0.1) is 10.5 Å². The zero-order valence-corrected chi connectivity index (χ0v) is 14.3. The Morgan fingerprint density at radius 2 is 1.90 bits per heavy atom. The fourth-order valence-corrected chi connectivity index (χ4v) is 3.71. The number of hydrogen-bond acceptors (Lipinski definition) is 3. The molecule has 0 bridgehead atoms. The third-order valence-corrected chi connectivity index (χ3v) is 4.86. The molecule has 0 heterocycles. The lowest BCUT2D eigenvalue weighted by atomic mass is 9.80. The minimum Gasteiger partial charge on any atom is -0.349 e. The Kier molecular flexibility index (Phi) is 5.18. The van der Waals surface area contributed by atoms with Gasteiger partial charge in [-0.25, -0.2) is 0 Å². The molecule has 0 spiro atoms. The predicted molar refractivity (Wildman–Crippen MR) is 89.2 cm³/mol. The Morgan fingerprint density at radius 3 is 2.48 bits per heavy atom. The Hall–Kier alpha value is -1.18. The first-order chi connectivity index (χ1) is 9.86. The van der Waals surface area contributed by atoms with Gasteiger partial charge < -0.3 is 5.32 Å². The summed E-state index contributed by atoms with van der Waals surface area (Å²) in [5, 5.41) is 13.9. The Morgan fingerprint density at radius 1 is 1.29 bits per heavy atom. The highest BCUT2D eigenvalue weighted by atomic mass is 127. The number of nitro groups is 1. The smallest absolute Gasteiger partial charge is 0.270 e. The molecule has 1 amide bonds. The van der Waals surface area contributed by atoms with Crippen LogP contribution in [0.2, 0.25) is 0 Å². The summed E-state index contributed by atoms with van der Waals surface area (Å²) in [6.45, 7) is 4.40. The van der Waals surface area contributed by atoms with Crippen molar-refractivity contribution < 1.29 is 9.72 Å². The summed E-state index contributed by atoms with van der Waals surface area (Å²) in [6, 6.07) is 4.54. The van der Waals surface area contributed by atoms with E-state index in [2.05, 4.69) is 19.2 Å². The van der Waals surface area contributed by atoms with E-state index in [1.165, 1.54) is 18.6 Å². The third-order valence-electron chi connectivity index (χ3n) is 3.92. The maximum Gasteiger partial charge on any atom is 0.270 e. The van der Waals surface area contributed by atoms with E-state index in [9.17, 15) is 14.9 Å². The van der Waals surface area contributed by atoms with Crippen LogP contribution in [0.1, 0.15) is 43.5 Å². The molecule has 0 aromatic heterocycles. The van der Waals surface area contributed by atoms with Gasteiger partial charge in [0, 0.05) is 21.7 Å². The van der Waals surface area contributed by atoms with Crippen LogP contribution >= 0.6 is 22.6 Å². The van der Waals surface area contributed by atoms with Crippen LogP contribution in [0.15, 0.2) is 18.2 Å². The molecule has 1 aromatic carbocycles. The second kappa shape index (κ2) is 6.72. The summed E-state index contributed by atoms with van der Waals surface area (Å²) in [6.07, 6.45) is 3.14. The van der Waals surface area contributed by atoms with Gasteiger partial charge in [0.25, 0.3) is 11.6 Å². The molecule has 0 saturated heterocycles. The van der Waals surface area contributed by atoms with Crippen LogP contribution in [0.5, 0.6) is 0 Å². The molecule has 1 saturated carbocycles. The Labute approximate surface area is 137 Å². The normalized spacial score (nSPS) is 25.4. The average Bonchev–Trinajstić information content (AvgIpc) is 2.37. The molecule has 1 fully saturated rings. The van der Waals surface area contributed by atoms with Crippen molar-refractivity contribution in [2.24, 2.45) is 11.8 Å². The maximum atomic E-state index is 12.4. The zero-order valence-electron chi connectivity index (χ0n) is 12.1. The number of benzene rings is 1. The first kappa shape index (κ1) is 16.2. The van der Waals surface area contributed by atoms with Crippen molar-refractivity contribution in [2.45, 2.75) is 39.2 Å². The van der Waals surface area contributed by atoms with E-state index in [0.29, 0.717) is 17.4 Å². The number of nitrogens with one attached hydrogen (secondary N) is 1. The largest absolute Gasteiger partial charge is 0.349 e. The third kappa shape index (κ3) is 4.15. The van der Waals surface area contributed by atoms with Gasteiger partial charge in [0.15, 0.2) is 0 Å². The van der Waals surface area contributed by atoms with Crippen molar-refractivity contribution in [3.05, 3.63) is 37.4 Å². The van der Waals surface area contributed by atoms with Gasteiger partial charge >= 0.3 is 0 Å². The molecular formula is C15H19IN2O3. The van der Waals surface area contributed by atoms with Gasteiger partial charge in [-0.3, -0.25) is 14.9 Å². The molecule has 6 heteroatoms. The fraction of sp³-hybridized carbons (Fsp3) is 0.533. The minimum absolute atomic E-state index is 0.0500. The molecule has 1 aliphatic carbocycles. The molecule has 1 aliphatic rings. The highest BCUT2D eigenvalue weighted by Crippen LogP contribution is 2.29. The molecule has 0 aliphatic heterocycles. The van der Waals surface area contributed by atoms with E-state index in [0.717, 1.165) is 16.4 Å². The van der Waals surface area contributed by atoms with E-state index < -0.39 is 4.92 Å². The van der Waals surface area contributed by atoms with Crippen LogP contribution < -0.4 is 5.32 Å². The molecule has 0 radical (unpaired) electrons. The summed E-state index contributed by atoms with van der Waals surface area (Å²) in [5.41, 5.74) is 0.335. The number of nitrogens with zero attached hydrogens (tertiary/aromatic N) is 1. The Balaban J connectivity index is 2.13. The van der Waals surface area contributed by atoms with Crippen LogP contribution in [0.3, 0.4) is 0 Å². The van der Waals surface area contributed by atoms with Crippen LogP contribution in [-0.2, 0) is 0 Å². The molecule has 2 unspecified atom stereocenters. The highest BCUT2D eigenvalue weighted by Gasteiger charge is 2.26. The van der Waals surface area contributed by atoms with Crippen LogP contribution in [0, 0.1) is 25.5 Å². The van der Waals surface area contributed by atoms with E-state index >= 15 is 0 Å². The fourth-order valence-electron chi connectivity index (χ4n) is 3.13. The number of non-ortho nitro benzene ring substituents is 1. The molecule has 2 rings (SSSR count). The second-order valence-electron chi connectivity index (χ2n) is 6.01. The number of carbonyl (C=O) groups excluding carboxylic acids is 1. The summed E-state index contributed by atoms with van der Waals surface area (Å²) in [7, 11) is 0. The van der Waals surface area contributed by atoms with Gasteiger partial charge in [-0.2, -0.15) is 0 Å². The summed E-state index contributed by atoms with van der Waals surface area (Å²) in [4.78, 5) is 22.7. The lowest BCUT2D eigenvalue weighted by Crippen LogP contribution is -2.40. The molecule has 1 N–H and O–H groups in total. The summed E-state index contributed by atoms with van der Waals surface area (Å²) >= 11 is 2.03. The van der Waals surface area contributed by atoms with Crippen molar-refractivity contribution in [2.75, 3.05) is 0 Å². The van der Waals surface area contributed by atoms with Crippen molar-refractivity contribution in [1.82, 2.24) is 5.32 Å². The van der Waals surface area contributed by atoms with Crippen molar-refractivity contribution in [1.29, 1.82) is 0 Å². The first-order valence-corrected chi connectivity index (χ1v) is 8.19. The monoisotopic (exact) mass is 402 g/mol. The van der Waals surface area contributed by atoms with E-state index in [-0.39, 0.29) is 17.6 Å². The second-order valence-corrected chi connectivity index (χ2v) is 7.17. The highest BCUT2D eigenvalue weighted by molar-refractivity contribution is 14.1. The maximum absolute atomic E-state index is 12.4. The van der Waals surface area contributed by atoms with Gasteiger partial charge in [-0.05, 0) is 59.8 Å². The quantitative estimate of drug-likeness (QED) is 0.476. The van der Waals surface area contributed by atoms with E-state index in [4.69, 9.17) is 0 Å². The van der Waals surface area contributed by atoms with Gasteiger partial charge in [0.1, 0.15) is 0 Å². The zero-order chi connectivity index (χ0) is 15.6. The van der Waals surface area contributed by atoms with Crippen LogP contribution in [0.4, 0.5) is 5.69 Å². The van der Waals surface area contributed by atoms with Gasteiger partial charge in [0.2, 0.25) is 0 Å². The first-order valence-electron chi connectivity index (χ1n) is 7.11. The summed E-state index contributed by atoms with van der Waals surface area (Å²) < 4.78 is 0.729. The number of nitro benzene ring substituents is 1. The van der Waals surface area contributed by atoms with Crippen LogP contribution in [0.25, 0.3) is 0 Å². The lowest BCUT2D eigenvalue weighted by Gasteiger charge is -2.32. The molecular weight excluding hydrogens is 383 g/mol. The SMILES string of the molecule is CC1CC(C)CC(NC(=O)c2cc([N+](=O)[O-])ccc2I)C1. The number of rotatable bonds is 3. The summed E-state index contributed by atoms with van der Waals surface area (Å²) in [5.74, 6) is 0.987. The molecule has 21 heavy (non-hydrogen) atoms. The predicted octanol–water partition coefficient (Wildman–Crippen LogP) is 3.75. The number of halogens is 1. The standard InChI is InChI=1S/C15H19IN2O3/c1-9-5-10(2)7-11(6-9)17-15(19)13-8-12(18(20)21)3-4-14(13)16/h3-4,8-11H,5-7H2,1-2H3,(H,17,19). The molecule has 5 nitrogen and oxygen atoms in total. The van der Waals surface area contributed by atoms with Crippen molar-refractivity contribution in [3.8, 4) is 0 Å². The number of hydrogen-bond donors (Lipinski definition) is 1. The number of carbonyl (C=O) groups is 1. The van der Waals surface area contributed by atoms with Crippen molar-refractivity contribution in [3.63, 3.8) is 0 Å². The van der Waals surface area contributed by atoms with E-state index in [1.807, 2.05) is 22.6 Å². The molecule has 1 aromatic rings. The lowest BCUT2D eigenvalue weighted by molar-refractivity contribution is -0.384. The molecule has 114 valence electrons. The average molecular weight is 402 g/mol. The topological polar surface area (TPSA) is 72.2 Å². The van der Waals surface area contributed by atoms with E-state index in [1.54, 1.807) is 6.07 Å². The van der Waals surface area contributed by atoms with Gasteiger partial charge in [-0.15, -0.1) is 0 Å². The number of amides is 1. The molecule has 2 atom stereocenters. The van der Waals surface area contributed by atoms with Gasteiger partial charge in [-0.1, -0.05) is 13.8 Å². The van der Waals surface area contributed by atoms with Crippen LogP contribution in [-0.4, -0.2) is 16.9 Å². The Bertz CT molecular complexity index is 552. The van der Waals surface area contributed by atoms with Crippen molar-refractivity contribution >= 4 is 34.2 Å².